The molecule has 6 nitrogen and oxygen atoms in total. The number of fused-ring (bicyclic) bond motifs is 1. The third kappa shape index (κ3) is 5.26. The van der Waals surface area contributed by atoms with E-state index in [0.29, 0.717) is 56.2 Å². The molecule has 3 heterocycles. The average Bonchev–Trinajstić information content (AvgIpc) is 3.41. The van der Waals surface area contributed by atoms with Crippen molar-refractivity contribution >= 4 is 35.3 Å². The summed E-state index contributed by atoms with van der Waals surface area (Å²) in [6.07, 6.45) is 3.32. The summed E-state index contributed by atoms with van der Waals surface area (Å²) in [7, 11) is 0. The van der Waals surface area contributed by atoms with E-state index in [0.717, 1.165) is 21.7 Å². The fourth-order valence-electron chi connectivity index (χ4n) is 5.45. The van der Waals surface area contributed by atoms with Gasteiger partial charge in [0.2, 0.25) is 0 Å². The number of hydrogen-bond acceptors (Lipinski definition) is 5. The van der Waals surface area contributed by atoms with Crippen molar-refractivity contribution in [2.24, 2.45) is 0 Å². The van der Waals surface area contributed by atoms with Gasteiger partial charge in [-0.05, 0) is 60.9 Å². The third-order valence-corrected chi connectivity index (χ3v) is 8.82. The van der Waals surface area contributed by atoms with Gasteiger partial charge in [0.15, 0.2) is 5.79 Å². The largest absolute Gasteiger partial charge is 0.347 e. The number of hydrogen-bond donors (Lipinski definition) is 0. The van der Waals surface area contributed by atoms with Gasteiger partial charge in [-0.15, -0.1) is 0 Å². The van der Waals surface area contributed by atoms with Crippen LogP contribution in [0.4, 0.5) is 5.69 Å². The second-order valence-corrected chi connectivity index (χ2v) is 11.5. The number of carbonyl (C=O) groups is 2. The molecule has 3 aromatic carbocycles. The Morgan fingerprint density at radius 3 is 2.44 bits per heavy atom. The Hall–Kier alpha value is -3.39. The number of likely N-dealkylation sites (tertiary alicyclic amines) is 1. The number of amides is 2. The molecule has 0 aromatic heterocycles. The second-order valence-electron chi connectivity index (χ2n) is 10.4. The van der Waals surface area contributed by atoms with E-state index in [1.54, 1.807) is 0 Å². The summed E-state index contributed by atoms with van der Waals surface area (Å²) in [4.78, 5) is 32.3. The molecule has 0 bridgehead atoms. The molecule has 7 heteroatoms. The summed E-state index contributed by atoms with van der Waals surface area (Å²) >= 11 is 1.49. The molecule has 200 valence electrons. The number of ether oxygens (including phenoxy) is 2. The van der Waals surface area contributed by atoms with Crippen LogP contribution in [0.2, 0.25) is 0 Å². The van der Waals surface area contributed by atoms with E-state index in [9.17, 15) is 9.59 Å². The van der Waals surface area contributed by atoms with E-state index in [1.165, 1.54) is 22.9 Å². The number of rotatable bonds is 4. The summed E-state index contributed by atoms with van der Waals surface area (Å²) in [5, 5.41) is 0. The molecular weight excluding hydrogens is 508 g/mol. The maximum absolute atomic E-state index is 13.7. The maximum atomic E-state index is 13.7. The van der Waals surface area contributed by atoms with Crippen LogP contribution in [0.3, 0.4) is 0 Å². The lowest BCUT2D eigenvalue weighted by molar-refractivity contribution is -0.181. The molecule has 0 atom stereocenters. The highest BCUT2D eigenvalue weighted by Gasteiger charge is 2.40. The van der Waals surface area contributed by atoms with Crippen molar-refractivity contribution in [3.63, 3.8) is 0 Å². The van der Waals surface area contributed by atoms with Crippen LogP contribution in [0.5, 0.6) is 0 Å². The van der Waals surface area contributed by atoms with Gasteiger partial charge in [-0.25, -0.2) is 0 Å². The zero-order valence-electron chi connectivity index (χ0n) is 22.3. The Bertz CT molecular complexity index is 1430. The van der Waals surface area contributed by atoms with Crippen LogP contribution >= 0.6 is 11.8 Å². The second kappa shape index (κ2) is 10.6. The minimum Gasteiger partial charge on any atom is -0.347 e. The van der Waals surface area contributed by atoms with Crippen LogP contribution in [0.15, 0.2) is 76.5 Å². The molecule has 0 saturated carbocycles. The minimum absolute atomic E-state index is 0.0128. The van der Waals surface area contributed by atoms with Crippen molar-refractivity contribution in [1.29, 1.82) is 0 Å². The number of thioether (sulfide) groups is 1. The van der Waals surface area contributed by atoms with Gasteiger partial charge in [0.1, 0.15) is 0 Å². The smallest absolute Gasteiger partial charge is 0.265 e. The Morgan fingerprint density at radius 1 is 0.974 bits per heavy atom. The zero-order chi connectivity index (χ0) is 27.0. The van der Waals surface area contributed by atoms with Gasteiger partial charge in [-0.3, -0.25) is 9.59 Å². The topological polar surface area (TPSA) is 59.1 Å². The van der Waals surface area contributed by atoms with Gasteiger partial charge in [0.05, 0.1) is 30.4 Å². The Balaban J connectivity index is 1.20. The number of carbonyl (C=O) groups excluding carboxylic acids is 2. The lowest BCUT2D eigenvalue weighted by Gasteiger charge is -2.37. The van der Waals surface area contributed by atoms with Crippen molar-refractivity contribution in [1.82, 2.24) is 4.90 Å². The summed E-state index contributed by atoms with van der Waals surface area (Å²) in [6.45, 7) is 7.16. The van der Waals surface area contributed by atoms with Gasteiger partial charge in [0, 0.05) is 36.4 Å². The highest BCUT2D eigenvalue weighted by Crippen LogP contribution is 2.43. The van der Waals surface area contributed by atoms with Crippen LogP contribution in [-0.4, -0.2) is 48.8 Å². The van der Waals surface area contributed by atoms with E-state index in [1.807, 2.05) is 58.3 Å². The minimum atomic E-state index is -0.498. The lowest BCUT2D eigenvalue weighted by atomic mass is 10.0. The highest BCUT2D eigenvalue weighted by atomic mass is 32.2. The molecule has 0 radical (unpaired) electrons. The van der Waals surface area contributed by atoms with E-state index in [-0.39, 0.29) is 11.8 Å². The van der Waals surface area contributed by atoms with Gasteiger partial charge in [-0.2, -0.15) is 0 Å². The molecule has 0 aliphatic carbocycles. The Kier molecular flexibility index (Phi) is 7.06. The number of para-hydroxylation sites is 1. The molecular formula is C32H32N2O4S. The summed E-state index contributed by atoms with van der Waals surface area (Å²) in [5.74, 6) is -0.501. The molecule has 2 saturated heterocycles. The normalized spacial score (nSPS) is 19.5. The molecule has 1 spiro atoms. The number of aryl methyl sites for hydroxylation is 2. The van der Waals surface area contributed by atoms with Gasteiger partial charge in [0.25, 0.3) is 11.8 Å². The van der Waals surface area contributed by atoms with Crippen LogP contribution < -0.4 is 4.90 Å². The molecule has 2 amide bonds. The standard InChI is InChI=1S/C32H32N2O4S/c1-22-7-8-23(2)26(19-22)21-34-27-5-3-4-6-28(27)39-29(31(34)36)20-24-9-11-25(12-10-24)30(35)33-15-13-32(14-16-33)37-17-18-38-32/h3-12,19-20H,13-18,21H2,1-2H3/b29-20-. The highest BCUT2D eigenvalue weighted by molar-refractivity contribution is 8.04. The summed E-state index contributed by atoms with van der Waals surface area (Å²) < 4.78 is 11.6. The van der Waals surface area contributed by atoms with Gasteiger partial charge < -0.3 is 19.3 Å². The molecule has 6 rings (SSSR count). The van der Waals surface area contributed by atoms with Gasteiger partial charge in [-0.1, -0.05) is 59.8 Å². The molecule has 3 aromatic rings. The van der Waals surface area contributed by atoms with E-state index >= 15 is 0 Å². The lowest BCUT2D eigenvalue weighted by Crippen LogP contribution is -2.47. The molecule has 39 heavy (non-hydrogen) atoms. The molecule has 3 aliphatic rings. The number of benzene rings is 3. The Labute approximate surface area is 233 Å². The first-order chi connectivity index (χ1) is 18.9. The van der Waals surface area contributed by atoms with Crippen molar-refractivity contribution < 1.29 is 19.1 Å². The van der Waals surface area contributed by atoms with Gasteiger partial charge >= 0.3 is 0 Å². The monoisotopic (exact) mass is 540 g/mol. The van der Waals surface area contributed by atoms with Crippen molar-refractivity contribution in [3.8, 4) is 0 Å². The van der Waals surface area contributed by atoms with Crippen molar-refractivity contribution in [3.05, 3.63) is 99.5 Å². The molecule has 0 unspecified atom stereocenters. The molecule has 2 fully saturated rings. The number of nitrogens with zero attached hydrogens (tertiary/aromatic N) is 2. The predicted molar refractivity (Wildman–Crippen MR) is 154 cm³/mol. The molecule has 3 aliphatic heterocycles. The molecule has 0 N–H and O–H groups in total. The fourth-order valence-corrected chi connectivity index (χ4v) is 6.51. The fraction of sp³-hybridized carbons (Fsp3) is 0.312. The first kappa shape index (κ1) is 25.9. The summed E-state index contributed by atoms with van der Waals surface area (Å²) in [6, 6.07) is 21.9. The zero-order valence-corrected chi connectivity index (χ0v) is 23.1. The third-order valence-electron chi connectivity index (χ3n) is 7.75. The van der Waals surface area contributed by atoms with Crippen LogP contribution in [-0.2, 0) is 20.8 Å². The van der Waals surface area contributed by atoms with E-state index in [2.05, 4.69) is 38.1 Å². The number of anilines is 1. The van der Waals surface area contributed by atoms with Crippen LogP contribution in [0.1, 0.15) is 45.5 Å². The average molecular weight is 541 g/mol. The quantitative estimate of drug-likeness (QED) is 0.382. The first-order valence-electron chi connectivity index (χ1n) is 13.4. The van der Waals surface area contributed by atoms with Crippen molar-refractivity contribution in [2.45, 2.75) is 43.9 Å². The van der Waals surface area contributed by atoms with E-state index in [4.69, 9.17) is 9.47 Å². The Morgan fingerprint density at radius 2 is 1.69 bits per heavy atom. The van der Waals surface area contributed by atoms with Crippen LogP contribution in [0.25, 0.3) is 6.08 Å². The predicted octanol–water partition coefficient (Wildman–Crippen LogP) is 5.96. The van der Waals surface area contributed by atoms with E-state index < -0.39 is 5.79 Å². The summed E-state index contributed by atoms with van der Waals surface area (Å²) in [5.41, 5.74) is 5.95. The van der Waals surface area contributed by atoms with Crippen LogP contribution in [0, 0.1) is 13.8 Å². The maximum Gasteiger partial charge on any atom is 0.265 e. The number of piperidine rings is 1. The first-order valence-corrected chi connectivity index (χ1v) is 14.3. The SMILES string of the molecule is Cc1ccc(C)c(CN2C(=O)/C(=C/c3ccc(C(=O)N4CCC5(CC4)OCCO5)cc3)Sc3ccccc32)c1. The van der Waals surface area contributed by atoms with Crippen molar-refractivity contribution in [2.75, 3.05) is 31.2 Å².